The van der Waals surface area contributed by atoms with E-state index in [-0.39, 0.29) is 0 Å². The number of hydrogen-bond donors (Lipinski definition) is 1. The molecule has 2 atom stereocenters. The van der Waals surface area contributed by atoms with Crippen LogP contribution in [0, 0.1) is 0 Å². The van der Waals surface area contributed by atoms with Crippen molar-refractivity contribution in [1.29, 1.82) is 0 Å². The fourth-order valence-electron chi connectivity index (χ4n) is 1.15. The lowest BCUT2D eigenvalue weighted by atomic mass is 10.1. The van der Waals surface area contributed by atoms with Crippen LogP contribution < -0.4 is 0 Å². The molecular formula is C10H12BrClO3S. The molecule has 90 valence electrons. The second-order valence-electron chi connectivity index (χ2n) is 3.71. The fraction of sp³-hybridized carbons (Fsp3) is 0.400. The van der Waals surface area contributed by atoms with Crippen LogP contribution in [0.1, 0.15) is 18.6 Å². The van der Waals surface area contributed by atoms with E-state index in [1.807, 2.05) is 0 Å². The van der Waals surface area contributed by atoms with E-state index in [9.17, 15) is 13.5 Å². The summed E-state index contributed by atoms with van der Waals surface area (Å²) in [7, 11) is -3.56. The SMILES string of the molecule is C[C@@](Cl)([C@H](O)c1ccc(Br)cc1)S(C)(=O)=O. The van der Waals surface area contributed by atoms with Crippen LogP contribution >= 0.6 is 27.5 Å². The number of aliphatic hydroxyl groups excluding tert-OH is 1. The van der Waals surface area contributed by atoms with Crippen LogP contribution in [0.15, 0.2) is 28.7 Å². The zero-order valence-electron chi connectivity index (χ0n) is 8.81. The molecule has 1 rings (SSSR count). The zero-order chi connectivity index (χ0) is 12.6. The maximum absolute atomic E-state index is 11.4. The molecule has 0 saturated heterocycles. The summed E-state index contributed by atoms with van der Waals surface area (Å²) in [6, 6.07) is 6.68. The fourth-order valence-corrected chi connectivity index (χ4v) is 2.08. The van der Waals surface area contributed by atoms with Crippen molar-refractivity contribution in [2.75, 3.05) is 6.26 Å². The standard InChI is InChI=1S/C10H12BrClO3S/c1-10(12,16(2,14)15)9(13)7-3-5-8(11)6-4-7/h3-6,9,13H,1-2H3/t9-,10+/m1/s1. The predicted octanol–water partition coefficient (Wildman–Crippen LogP) is 2.48. The highest BCUT2D eigenvalue weighted by Gasteiger charge is 2.41. The van der Waals surface area contributed by atoms with Gasteiger partial charge in [-0.15, -0.1) is 0 Å². The Morgan fingerprint density at radius 1 is 1.38 bits per heavy atom. The summed E-state index contributed by atoms with van der Waals surface area (Å²) >= 11 is 9.14. The summed E-state index contributed by atoms with van der Waals surface area (Å²) in [5, 5.41) is 9.95. The van der Waals surface area contributed by atoms with E-state index in [0.29, 0.717) is 5.56 Å². The molecule has 0 saturated carbocycles. The van der Waals surface area contributed by atoms with E-state index >= 15 is 0 Å². The van der Waals surface area contributed by atoms with E-state index in [2.05, 4.69) is 15.9 Å². The van der Waals surface area contributed by atoms with Gasteiger partial charge in [0.15, 0.2) is 14.0 Å². The first-order valence-corrected chi connectivity index (χ1v) is 7.54. The van der Waals surface area contributed by atoms with Gasteiger partial charge in [0.1, 0.15) is 6.10 Å². The molecular weight excluding hydrogens is 316 g/mol. The summed E-state index contributed by atoms with van der Waals surface area (Å²) in [6.07, 6.45) is -0.264. The number of alkyl halides is 1. The topological polar surface area (TPSA) is 54.4 Å². The van der Waals surface area contributed by atoms with Crippen molar-refractivity contribution >= 4 is 37.4 Å². The molecule has 1 aromatic carbocycles. The molecule has 3 nitrogen and oxygen atoms in total. The van der Waals surface area contributed by atoms with Gasteiger partial charge in [0, 0.05) is 10.7 Å². The Morgan fingerprint density at radius 3 is 2.19 bits per heavy atom. The quantitative estimate of drug-likeness (QED) is 0.868. The van der Waals surface area contributed by atoms with Crippen molar-refractivity contribution in [3.05, 3.63) is 34.3 Å². The van der Waals surface area contributed by atoms with Crippen LogP contribution in [0.2, 0.25) is 0 Å². The number of benzene rings is 1. The second-order valence-corrected chi connectivity index (χ2v) is 8.03. The van der Waals surface area contributed by atoms with Gasteiger partial charge in [-0.05, 0) is 24.6 Å². The van der Waals surface area contributed by atoms with Crippen molar-refractivity contribution in [2.45, 2.75) is 17.2 Å². The summed E-state index contributed by atoms with van der Waals surface area (Å²) in [4.78, 5) is 0. The van der Waals surface area contributed by atoms with Crippen LogP contribution in [0.5, 0.6) is 0 Å². The first kappa shape index (κ1) is 14.0. The van der Waals surface area contributed by atoms with E-state index in [0.717, 1.165) is 10.7 Å². The van der Waals surface area contributed by atoms with Crippen molar-refractivity contribution < 1.29 is 13.5 Å². The molecule has 0 amide bonds. The average molecular weight is 328 g/mol. The molecule has 0 aliphatic heterocycles. The average Bonchev–Trinajstić information content (AvgIpc) is 2.16. The highest BCUT2D eigenvalue weighted by molar-refractivity contribution is 9.10. The monoisotopic (exact) mass is 326 g/mol. The van der Waals surface area contributed by atoms with Gasteiger partial charge in [-0.2, -0.15) is 0 Å². The molecule has 0 aromatic heterocycles. The van der Waals surface area contributed by atoms with Gasteiger partial charge >= 0.3 is 0 Å². The van der Waals surface area contributed by atoms with E-state index < -0.39 is 20.1 Å². The van der Waals surface area contributed by atoms with Crippen LogP contribution in [-0.4, -0.2) is 24.0 Å². The third-order valence-corrected chi connectivity index (χ3v) is 5.65. The Balaban J connectivity index is 3.12. The molecule has 0 radical (unpaired) electrons. The Labute approximate surface area is 108 Å². The highest BCUT2D eigenvalue weighted by atomic mass is 79.9. The van der Waals surface area contributed by atoms with E-state index in [4.69, 9.17) is 11.6 Å². The molecule has 0 aliphatic rings. The minimum absolute atomic E-state index is 0.464. The number of aliphatic hydroxyl groups is 1. The first-order chi connectivity index (χ1) is 7.16. The third-order valence-electron chi connectivity index (χ3n) is 2.40. The maximum atomic E-state index is 11.4. The molecule has 16 heavy (non-hydrogen) atoms. The Bertz CT molecular complexity index is 467. The van der Waals surface area contributed by atoms with Crippen molar-refractivity contribution in [3.8, 4) is 0 Å². The smallest absolute Gasteiger partial charge is 0.172 e. The molecule has 0 spiro atoms. The van der Waals surface area contributed by atoms with E-state index in [1.165, 1.54) is 6.92 Å². The molecule has 0 unspecified atom stereocenters. The number of sulfone groups is 1. The van der Waals surface area contributed by atoms with Crippen molar-refractivity contribution in [3.63, 3.8) is 0 Å². The second kappa shape index (κ2) is 4.64. The molecule has 1 aromatic rings. The summed E-state index contributed by atoms with van der Waals surface area (Å²) in [5.41, 5.74) is 0.464. The first-order valence-electron chi connectivity index (χ1n) is 4.48. The van der Waals surface area contributed by atoms with Gasteiger partial charge in [0.2, 0.25) is 0 Å². The minimum Gasteiger partial charge on any atom is -0.385 e. The van der Waals surface area contributed by atoms with Crippen LogP contribution in [-0.2, 0) is 9.84 Å². The molecule has 1 N–H and O–H groups in total. The van der Waals surface area contributed by atoms with Gasteiger partial charge in [0.05, 0.1) is 0 Å². The van der Waals surface area contributed by atoms with Gasteiger partial charge in [-0.3, -0.25) is 0 Å². The van der Waals surface area contributed by atoms with Crippen molar-refractivity contribution in [1.82, 2.24) is 0 Å². The lowest BCUT2D eigenvalue weighted by Crippen LogP contribution is -2.35. The van der Waals surface area contributed by atoms with Crippen LogP contribution in [0.25, 0.3) is 0 Å². The Hall–Kier alpha value is -0.100. The zero-order valence-corrected chi connectivity index (χ0v) is 12.0. The maximum Gasteiger partial charge on any atom is 0.172 e. The molecule has 0 aliphatic carbocycles. The van der Waals surface area contributed by atoms with Crippen LogP contribution in [0.3, 0.4) is 0 Å². The highest BCUT2D eigenvalue weighted by Crippen LogP contribution is 2.36. The minimum atomic E-state index is -3.56. The number of halogens is 2. The largest absolute Gasteiger partial charge is 0.385 e. The van der Waals surface area contributed by atoms with Gasteiger partial charge in [0.25, 0.3) is 0 Å². The van der Waals surface area contributed by atoms with Gasteiger partial charge < -0.3 is 5.11 Å². The molecule has 6 heteroatoms. The Kier molecular flexibility index (Phi) is 4.05. The lowest BCUT2D eigenvalue weighted by Gasteiger charge is -2.26. The van der Waals surface area contributed by atoms with Crippen LogP contribution in [0.4, 0.5) is 0 Å². The third kappa shape index (κ3) is 2.77. The number of hydrogen-bond acceptors (Lipinski definition) is 3. The Morgan fingerprint density at radius 2 is 1.81 bits per heavy atom. The normalized spacial score (nSPS) is 17.8. The molecule has 0 fully saturated rings. The lowest BCUT2D eigenvalue weighted by molar-refractivity contribution is 0.163. The van der Waals surface area contributed by atoms with Gasteiger partial charge in [-0.25, -0.2) is 8.42 Å². The predicted molar refractivity (Wildman–Crippen MR) is 68.2 cm³/mol. The summed E-state index contributed by atoms with van der Waals surface area (Å²) in [6.45, 7) is 1.29. The summed E-state index contributed by atoms with van der Waals surface area (Å²) in [5.74, 6) is 0. The molecule has 0 heterocycles. The molecule has 0 bridgehead atoms. The summed E-state index contributed by atoms with van der Waals surface area (Å²) < 4.78 is 22.0. The van der Waals surface area contributed by atoms with Crippen molar-refractivity contribution in [2.24, 2.45) is 0 Å². The van der Waals surface area contributed by atoms with E-state index in [1.54, 1.807) is 24.3 Å². The van der Waals surface area contributed by atoms with Gasteiger partial charge in [-0.1, -0.05) is 39.7 Å². The number of rotatable bonds is 3.